The molecule has 2 N–H and O–H groups in total. The van der Waals surface area contributed by atoms with Crippen molar-refractivity contribution in [3.8, 4) is 5.75 Å². The van der Waals surface area contributed by atoms with Crippen LogP contribution in [0.1, 0.15) is 18.5 Å². The van der Waals surface area contributed by atoms with E-state index in [0.29, 0.717) is 17.3 Å². The van der Waals surface area contributed by atoms with Crippen LogP contribution in [0.5, 0.6) is 5.75 Å². The van der Waals surface area contributed by atoms with Crippen LogP contribution < -0.4 is 10.1 Å². The highest BCUT2D eigenvalue weighted by atomic mass is 35.5. The van der Waals surface area contributed by atoms with Crippen LogP contribution >= 0.6 is 11.6 Å². The second-order valence-corrected chi connectivity index (χ2v) is 5.40. The second kappa shape index (κ2) is 8.03. The maximum absolute atomic E-state index is 9.95. The highest BCUT2D eigenvalue weighted by molar-refractivity contribution is 6.30. The van der Waals surface area contributed by atoms with Gasteiger partial charge in [0, 0.05) is 17.6 Å². The van der Waals surface area contributed by atoms with E-state index >= 15 is 0 Å². The summed E-state index contributed by atoms with van der Waals surface area (Å²) < 4.78 is 5.51. The third-order valence-electron chi connectivity index (χ3n) is 3.22. The maximum atomic E-state index is 9.95. The van der Waals surface area contributed by atoms with Crippen LogP contribution in [0.3, 0.4) is 0 Å². The quantitative estimate of drug-likeness (QED) is 0.823. The molecule has 2 atom stereocenters. The molecule has 0 aromatic heterocycles. The van der Waals surface area contributed by atoms with Gasteiger partial charge in [-0.2, -0.15) is 0 Å². The standard InChI is InChI=1S/C17H20ClNO2/c1-13(14-5-3-2-4-6-14)19-11-16(20)12-21-17-9-7-15(18)8-10-17/h2-10,13,16,19-20H,11-12H2,1H3/t13-,16+/m0/s1. The largest absolute Gasteiger partial charge is 0.491 e. The zero-order chi connectivity index (χ0) is 15.1. The van der Waals surface area contributed by atoms with E-state index in [0.717, 1.165) is 0 Å². The summed E-state index contributed by atoms with van der Waals surface area (Å²) in [6.07, 6.45) is -0.563. The third-order valence-corrected chi connectivity index (χ3v) is 3.47. The van der Waals surface area contributed by atoms with Crippen LogP contribution in [0.25, 0.3) is 0 Å². The first-order valence-corrected chi connectivity index (χ1v) is 7.37. The number of hydrogen-bond acceptors (Lipinski definition) is 3. The van der Waals surface area contributed by atoms with E-state index in [-0.39, 0.29) is 12.6 Å². The lowest BCUT2D eigenvalue weighted by Crippen LogP contribution is -2.33. The van der Waals surface area contributed by atoms with Crippen molar-refractivity contribution in [1.29, 1.82) is 0 Å². The summed E-state index contributed by atoms with van der Waals surface area (Å²) in [7, 11) is 0. The Hall–Kier alpha value is -1.55. The molecule has 0 saturated heterocycles. The smallest absolute Gasteiger partial charge is 0.119 e. The summed E-state index contributed by atoms with van der Waals surface area (Å²) in [6.45, 7) is 2.79. The van der Waals surface area contributed by atoms with Crippen molar-refractivity contribution in [3.63, 3.8) is 0 Å². The number of halogens is 1. The van der Waals surface area contributed by atoms with E-state index in [4.69, 9.17) is 16.3 Å². The Morgan fingerprint density at radius 1 is 1.10 bits per heavy atom. The number of ether oxygens (including phenoxy) is 1. The molecule has 0 radical (unpaired) electrons. The first kappa shape index (κ1) is 15.8. The Morgan fingerprint density at radius 2 is 1.76 bits per heavy atom. The molecule has 0 aliphatic heterocycles. The summed E-state index contributed by atoms with van der Waals surface area (Å²) in [4.78, 5) is 0. The number of aliphatic hydroxyl groups excluding tert-OH is 1. The molecule has 112 valence electrons. The third kappa shape index (κ3) is 5.38. The molecule has 0 amide bonds. The van der Waals surface area contributed by atoms with Crippen LogP contribution in [0.15, 0.2) is 54.6 Å². The molecule has 0 saturated carbocycles. The summed E-state index contributed by atoms with van der Waals surface area (Å²) in [6, 6.07) is 17.4. The van der Waals surface area contributed by atoms with E-state index in [9.17, 15) is 5.11 Å². The number of benzene rings is 2. The van der Waals surface area contributed by atoms with Gasteiger partial charge in [-0.05, 0) is 36.8 Å². The number of aliphatic hydroxyl groups is 1. The molecule has 0 heterocycles. The van der Waals surface area contributed by atoms with E-state index in [2.05, 4.69) is 24.4 Å². The van der Waals surface area contributed by atoms with Gasteiger partial charge < -0.3 is 15.2 Å². The fourth-order valence-electron chi connectivity index (χ4n) is 1.95. The predicted octanol–water partition coefficient (Wildman–Crippen LogP) is 3.43. The van der Waals surface area contributed by atoms with E-state index < -0.39 is 6.10 Å². The van der Waals surface area contributed by atoms with Gasteiger partial charge in [-0.1, -0.05) is 41.9 Å². The van der Waals surface area contributed by atoms with Crippen LogP contribution in [0.2, 0.25) is 5.02 Å². The molecule has 0 fully saturated rings. The molecular weight excluding hydrogens is 286 g/mol. The minimum absolute atomic E-state index is 0.191. The molecule has 0 aliphatic carbocycles. The van der Waals surface area contributed by atoms with Gasteiger partial charge in [-0.25, -0.2) is 0 Å². The Morgan fingerprint density at radius 3 is 2.43 bits per heavy atom. The second-order valence-electron chi connectivity index (χ2n) is 4.96. The van der Waals surface area contributed by atoms with Crippen molar-refractivity contribution in [2.24, 2.45) is 0 Å². The lowest BCUT2D eigenvalue weighted by Gasteiger charge is -2.18. The monoisotopic (exact) mass is 305 g/mol. The summed E-state index contributed by atoms with van der Waals surface area (Å²) in [5.41, 5.74) is 1.20. The van der Waals surface area contributed by atoms with Gasteiger partial charge in [-0.15, -0.1) is 0 Å². The normalized spacial score (nSPS) is 13.7. The molecular formula is C17H20ClNO2. The molecule has 2 aromatic carbocycles. The van der Waals surface area contributed by atoms with Crippen LogP contribution in [0.4, 0.5) is 0 Å². The highest BCUT2D eigenvalue weighted by Gasteiger charge is 2.09. The van der Waals surface area contributed by atoms with Gasteiger partial charge in [0.2, 0.25) is 0 Å². The van der Waals surface area contributed by atoms with E-state index in [1.165, 1.54) is 5.56 Å². The molecule has 0 spiro atoms. The van der Waals surface area contributed by atoms with Crippen molar-refractivity contribution >= 4 is 11.6 Å². The molecule has 3 nitrogen and oxygen atoms in total. The van der Waals surface area contributed by atoms with Gasteiger partial charge in [-0.3, -0.25) is 0 Å². The fourth-order valence-corrected chi connectivity index (χ4v) is 2.08. The van der Waals surface area contributed by atoms with E-state index in [1.54, 1.807) is 24.3 Å². The topological polar surface area (TPSA) is 41.5 Å². The predicted molar refractivity (Wildman–Crippen MR) is 85.8 cm³/mol. The minimum Gasteiger partial charge on any atom is -0.491 e. The Bertz CT molecular complexity index is 530. The number of nitrogens with one attached hydrogen (secondary N) is 1. The van der Waals surface area contributed by atoms with E-state index in [1.807, 2.05) is 18.2 Å². The zero-order valence-electron chi connectivity index (χ0n) is 12.0. The lowest BCUT2D eigenvalue weighted by molar-refractivity contribution is 0.104. The lowest BCUT2D eigenvalue weighted by atomic mass is 10.1. The Kier molecular flexibility index (Phi) is 6.05. The van der Waals surface area contributed by atoms with Gasteiger partial charge in [0.25, 0.3) is 0 Å². The first-order chi connectivity index (χ1) is 10.1. The molecule has 2 aromatic rings. The molecule has 2 rings (SSSR count). The van der Waals surface area contributed by atoms with Crippen molar-refractivity contribution in [2.45, 2.75) is 19.1 Å². The number of hydrogen-bond donors (Lipinski definition) is 2. The highest BCUT2D eigenvalue weighted by Crippen LogP contribution is 2.15. The van der Waals surface area contributed by atoms with Crippen molar-refractivity contribution in [2.75, 3.05) is 13.2 Å². The average molecular weight is 306 g/mol. The maximum Gasteiger partial charge on any atom is 0.119 e. The Balaban J connectivity index is 1.72. The molecule has 0 unspecified atom stereocenters. The summed E-state index contributed by atoms with van der Waals surface area (Å²) >= 11 is 5.80. The van der Waals surface area contributed by atoms with Crippen molar-refractivity contribution in [3.05, 3.63) is 65.2 Å². The molecule has 0 aliphatic rings. The summed E-state index contributed by atoms with van der Waals surface area (Å²) in [5, 5.41) is 13.9. The first-order valence-electron chi connectivity index (χ1n) is 7.00. The van der Waals surface area contributed by atoms with Crippen LogP contribution in [0, 0.1) is 0 Å². The van der Waals surface area contributed by atoms with Gasteiger partial charge in [0.1, 0.15) is 18.5 Å². The van der Waals surface area contributed by atoms with Crippen LogP contribution in [-0.4, -0.2) is 24.4 Å². The Labute approximate surface area is 130 Å². The minimum atomic E-state index is -0.563. The fraction of sp³-hybridized carbons (Fsp3) is 0.294. The van der Waals surface area contributed by atoms with Crippen molar-refractivity contribution in [1.82, 2.24) is 5.32 Å². The molecule has 0 bridgehead atoms. The van der Waals surface area contributed by atoms with Crippen LogP contribution in [-0.2, 0) is 0 Å². The van der Waals surface area contributed by atoms with Gasteiger partial charge in [0.05, 0.1) is 0 Å². The van der Waals surface area contributed by atoms with Gasteiger partial charge >= 0.3 is 0 Å². The summed E-state index contributed by atoms with van der Waals surface area (Å²) in [5.74, 6) is 0.703. The molecule has 21 heavy (non-hydrogen) atoms. The molecule has 4 heteroatoms. The van der Waals surface area contributed by atoms with Gasteiger partial charge in [0.15, 0.2) is 0 Å². The average Bonchev–Trinajstić information content (AvgIpc) is 2.53. The van der Waals surface area contributed by atoms with Crippen molar-refractivity contribution < 1.29 is 9.84 Å². The number of rotatable bonds is 7. The zero-order valence-corrected chi connectivity index (χ0v) is 12.8. The SMILES string of the molecule is C[C@H](NC[C@@H](O)COc1ccc(Cl)cc1)c1ccccc1.